The van der Waals surface area contributed by atoms with E-state index in [-0.39, 0.29) is 12.2 Å². The zero-order valence-electron chi connectivity index (χ0n) is 59.3. The van der Waals surface area contributed by atoms with Gasteiger partial charge in [-0.05, 0) is 311 Å². The number of pyridine rings is 6. The van der Waals surface area contributed by atoms with Crippen molar-refractivity contribution in [2.45, 2.75) is 159 Å². The summed E-state index contributed by atoms with van der Waals surface area (Å²) in [6.07, 6.45) is 24.7. The summed E-state index contributed by atoms with van der Waals surface area (Å²) in [5.41, 5.74) is 25.8. The summed E-state index contributed by atoms with van der Waals surface area (Å²) in [5, 5.41) is 17.9. The molecule has 0 aromatic carbocycles. The fourth-order valence-electron chi connectivity index (χ4n) is 11.8. The van der Waals surface area contributed by atoms with Crippen LogP contribution in [0.5, 0.6) is 0 Å². The van der Waals surface area contributed by atoms with Crippen LogP contribution in [0, 0.1) is 48.5 Å². The van der Waals surface area contributed by atoms with E-state index in [9.17, 15) is 9.59 Å². The first-order valence-electron chi connectivity index (χ1n) is 33.6. The van der Waals surface area contributed by atoms with E-state index >= 15 is 0 Å². The maximum atomic E-state index is 12.3. The number of rotatable bonds is 14. The van der Waals surface area contributed by atoms with E-state index in [0.717, 1.165) is 109 Å². The van der Waals surface area contributed by atoms with E-state index < -0.39 is 18.3 Å². The first-order valence-corrected chi connectivity index (χ1v) is 34.3. The Morgan fingerprint density at radius 1 is 0.505 bits per heavy atom. The van der Waals surface area contributed by atoms with Crippen LogP contribution in [0.1, 0.15) is 145 Å². The number of nitrogens with two attached hydrogens (primary N) is 1. The average Bonchev–Trinajstić information content (AvgIpc) is 1.66. The summed E-state index contributed by atoms with van der Waals surface area (Å²) in [7, 11) is 0.739. The van der Waals surface area contributed by atoms with Crippen LogP contribution in [0.3, 0.4) is 0 Å². The van der Waals surface area contributed by atoms with Crippen molar-refractivity contribution >= 4 is 52.2 Å². The Bertz CT molecular complexity index is 4050. The summed E-state index contributed by atoms with van der Waals surface area (Å²) in [5.74, 6) is 2.59. The Kier molecular flexibility index (Phi) is 26.1. The summed E-state index contributed by atoms with van der Waals surface area (Å²) in [4.78, 5) is 57.0. The van der Waals surface area contributed by atoms with Gasteiger partial charge in [0.05, 0.1) is 0 Å². The SMILES string of the molecule is CC(C)(C)OC(=O)N1CC=C(B(O)O)CC1.Cc1cc(CCc2cncc(Br)c2)nc(-n2c(C)ccc2C)c1.Cc1cc(CCc2cncc(C3=CCN(C(=O)OC(C)(C)C)CC3)c2)nc(-n2c(C)ccc2C)c1.Cc1cc(N)nc(CCc2cncc(C3=CCN(C)CC3)c2)c1. The largest absolute Gasteiger partial charge is 0.483 e. The highest BCUT2D eigenvalue weighted by atomic mass is 79.9. The van der Waals surface area contributed by atoms with Crippen LogP contribution >= 0.6 is 15.9 Å². The molecule has 0 unspecified atom stereocenters. The molecule has 8 aromatic heterocycles. The molecule has 2 amide bonds. The molecule has 18 nitrogen and oxygen atoms in total. The molecule has 0 saturated heterocycles. The Labute approximate surface area is 583 Å². The van der Waals surface area contributed by atoms with E-state index in [0.29, 0.717) is 43.9 Å². The molecule has 0 saturated carbocycles. The number of amides is 2. The minimum absolute atomic E-state index is 0.255. The van der Waals surface area contributed by atoms with E-state index in [1.165, 1.54) is 72.2 Å². The van der Waals surface area contributed by atoms with Crippen LogP contribution in [-0.4, -0.2) is 141 Å². The predicted octanol–water partition coefficient (Wildman–Crippen LogP) is 14.2. The van der Waals surface area contributed by atoms with Crippen molar-refractivity contribution in [2.24, 2.45) is 0 Å². The van der Waals surface area contributed by atoms with E-state index in [1.807, 2.05) is 84.8 Å². The monoisotopic (exact) mass is 1380 g/mol. The van der Waals surface area contributed by atoms with Gasteiger partial charge in [-0.25, -0.2) is 24.5 Å². The van der Waals surface area contributed by atoms with Crippen molar-refractivity contribution in [3.63, 3.8) is 0 Å². The third-order valence-corrected chi connectivity index (χ3v) is 17.1. The standard InChI is InChI=1S/C29H36N4O2.C19H20BrN3.C19H24N4.C10H18BNO4/c1-20-15-26(31-27(16-20)33-21(2)7-8-22(33)3)10-9-23-17-25(19-30-18-23)24-11-13-32(14-12-24)28(34)35-29(4,5)6;1-13-8-18(7-6-16-10-17(20)12-21-11-16)22-19(9-13)23-14(2)4-5-15(23)3;1-14-9-18(22-19(20)10-14)4-3-15-11-17(13-21-12-15)16-5-7-23(2)8-6-16;1-10(2,3)16-9(13)12-6-4-8(5-7-12)11(14)15/h7-8,11,15-19H,9-10,12-14H2,1-6H3;4-5,8-12H,6-7H2,1-3H3;5,9-13H,3-4,6-8H2,1-2H3,(H2,20,22);4,14-15H,5-7H2,1-3H3. The molecule has 97 heavy (non-hydrogen) atoms. The first kappa shape index (κ1) is 74.2. The molecular formula is C77H98BBrN12O6. The van der Waals surface area contributed by atoms with Gasteiger partial charge >= 0.3 is 19.3 Å². The molecule has 11 rings (SSSR count). The number of hydrogen-bond acceptors (Lipinski definition) is 14. The number of ether oxygens (including phenoxy) is 2. The maximum Gasteiger partial charge on any atom is 0.483 e. The molecule has 0 bridgehead atoms. The molecule has 4 N–H and O–H groups in total. The molecule has 512 valence electrons. The van der Waals surface area contributed by atoms with E-state index in [4.69, 9.17) is 35.2 Å². The molecule has 0 spiro atoms. The molecule has 3 aliphatic rings. The zero-order chi connectivity index (χ0) is 70.1. The number of halogens is 1. The van der Waals surface area contributed by atoms with Gasteiger partial charge in [-0.15, -0.1) is 0 Å². The quantitative estimate of drug-likeness (QED) is 0.0864. The number of aromatic nitrogens is 8. The lowest BCUT2D eigenvalue weighted by Gasteiger charge is -2.29. The number of nitrogens with zero attached hydrogens (tertiary/aromatic N) is 11. The zero-order valence-corrected chi connectivity index (χ0v) is 60.9. The highest BCUT2D eigenvalue weighted by molar-refractivity contribution is 9.10. The summed E-state index contributed by atoms with van der Waals surface area (Å²) < 4.78 is 16.1. The van der Waals surface area contributed by atoms with Gasteiger partial charge < -0.3 is 49.1 Å². The van der Waals surface area contributed by atoms with E-state index in [1.54, 1.807) is 11.0 Å². The van der Waals surface area contributed by atoms with Gasteiger partial charge in [0.15, 0.2) is 0 Å². The minimum Gasteiger partial charge on any atom is -0.444 e. The molecule has 0 radical (unpaired) electrons. The Hall–Kier alpha value is -8.56. The third kappa shape index (κ3) is 23.0. The second-order valence-electron chi connectivity index (χ2n) is 27.6. The van der Waals surface area contributed by atoms with Gasteiger partial charge in [0.1, 0.15) is 28.7 Å². The lowest BCUT2D eigenvalue weighted by molar-refractivity contribution is 0.0257. The van der Waals surface area contributed by atoms with Gasteiger partial charge in [0.25, 0.3) is 0 Å². The van der Waals surface area contributed by atoms with Crippen LogP contribution in [0.4, 0.5) is 15.4 Å². The molecule has 0 atom stereocenters. The third-order valence-electron chi connectivity index (χ3n) is 16.7. The minimum atomic E-state index is -1.42. The topological polar surface area (TPSA) is 216 Å². The smallest absolute Gasteiger partial charge is 0.444 e. The van der Waals surface area contributed by atoms with Crippen LogP contribution in [0.15, 0.2) is 144 Å². The van der Waals surface area contributed by atoms with Crippen LogP contribution in [-0.2, 0) is 48.0 Å². The number of nitrogen functional groups attached to an aromatic ring is 1. The fourth-order valence-corrected chi connectivity index (χ4v) is 12.2. The molecule has 8 aromatic rings. The van der Waals surface area contributed by atoms with Crippen molar-refractivity contribution in [3.05, 3.63) is 229 Å². The normalized spacial score (nSPS) is 14.1. The van der Waals surface area contributed by atoms with Crippen LogP contribution in [0.25, 0.3) is 22.8 Å². The molecule has 11 heterocycles. The number of carbonyl (C=O) groups is 2. The molecule has 3 aliphatic heterocycles. The van der Waals surface area contributed by atoms with Gasteiger partial charge in [-0.3, -0.25) is 15.0 Å². The Morgan fingerprint density at radius 3 is 1.29 bits per heavy atom. The van der Waals surface area contributed by atoms with Crippen molar-refractivity contribution in [2.75, 3.05) is 52.0 Å². The van der Waals surface area contributed by atoms with Crippen LogP contribution in [0.2, 0.25) is 0 Å². The second kappa shape index (κ2) is 34.1. The highest BCUT2D eigenvalue weighted by Crippen LogP contribution is 2.27. The van der Waals surface area contributed by atoms with Crippen molar-refractivity contribution in [1.82, 2.24) is 53.7 Å². The number of aryl methyl sites for hydroxylation is 13. The van der Waals surface area contributed by atoms with Crippen LogP contribution < -0.4 is 5.73 Å². The number of likely N-dealkylation sites (N-methyl/N-ethyl adjacent to an activating group) is 1. The summed E-state index contributed by atoms with van der Waals surface area (Å²) in [6.45, 7) is 30.0. The maximum absolute atomic E-state index is 12.3. The van der Waals surface area contributed by atoms with Gasteiger partial charge in [0, 0.05) is 121 Å². The highest BCUT2D eigenvalue weighted by Gasteiger charge is 2.27. The predicted molar refractivity (Wildman–Crippen MR) is 393 cm³/mol. The average molecular weight is 1380 g/mol. The van der Waals surface area contributed by atoms with Gasteiger partial charge in [-0.2, -0.15) is 0 Å². The number of hydrogen-bond donors (Lipinski definition) is 3. The Morgan fingerprint density at radius 2 is 0.907 bits per heavy atom. The van der Waals surface area contributed by atoms with Gasteiger partial charge in [-0.1, -0.05) is 18.2 Å². The number of carbonyl (C=O) groups excluding carboxylic acids is 2. The summed E-state index contributed by atoms with van der Waals surface area (Å²) in [6, 6.07) is 27.8. The second-order valence-corrected chi connectivity index (χ2v) is 28.5. The Balaban J connectivity index is 0.000000172. The van der Waals surface area contributed by atoms with E-state index in [2.05, 4.69) is 190 Å². The fraction of sp³-hybridized carbons (Fsp3) is 0.403. The van der Waals surface area contributed by atoms with Crippen molar-refractivity contribution in [3.8, 4) is 11.6 Å². The number of anilines is 1. The molecule has 0 aliphatic carbocycles. The molecule has 20 heteroatoms. The lowest BCUT2D eigenvalue weighted by atomic mass is 9.76. The first-order chi connectivity index (χ1) is 46.0. The van der Waals surface area contributed by atoms with Crippen molar-refractivity contribution in [1.29, 1.82) is 0 Å². The lowest BCUT2D eigenvalue weighted by Crippen LogP contribution is -2.40. The summed E-state index contributed by atoms with van der Waals surface area (Å²) >= 11 is 3.47. The molecule has 0 fully saturated rings. The van der Waals surface area contributed by atoms with Gasteiger partial charge in [0.2, 0.25) is 0 Å². The molecular weight excluding hydrogens is 1280 g/mol. The van der Waals surface area contributed by atoms with Crippen molar-refractivity contribution < 1.29 is 29.1 Å².